The average Bonchev–Trinajstić information content (AvgIpc) is 3.07. The lowest BCUT2D eigenvalue weighted by Crippen LogP contribution is -2.52. The van der Waals surface area contributed by atoms with Gasteiger partial charge in [-0.05, 0) is 36.2 Å². The van der Waals surface area contributed by atoms with Crippen LogP contribution >= 0.6 is 0 Å². The standard InChI is InChI=1S/C22H16F5N3O4/c23-12-2-4-14(15(24)8-12)18(22(25,26)27)29-19(32)10-1-3-13-11(7-10)9-30(21(13)34)16-5-6-17(31)28-20(16)33/h1-4,7-8,16,18H,5-6,9H2,(H,29,32)(H,28,31,33)/t16?,18-/m1/s1. The van der Waals surface area contributed by atoms with Gasteiger partial charge in [-0.25, -0.2) is 8.78 Å². The van der Waals surface area contributed by atoms with Gasteiger partial charge in [0.1, 0.15) is 17.7 Å². The number of amides is 4. The van der Waals surface area contributed by atoms with Gasteiger partial charge in [-0.2, -0.15) is 13.2 Å². The molecule has 4 amide bonds. The maximum Gasteiger partial charge on any atom is 0.412 e. The molecule has 12 heteroatoms. The number of nitrogens with zero attached hydrogens (tertiary/aromatic N) is 1. The highest BCUT2D eigenvalue weighted by atomic mass is 19.4. The molecule has 4 rings (SSSR count). The molecule has 1 saturated heterocycles. The van der Waals surface area contributed by atoms with Crippen molar-refractivity contribution < 1.29 is 41.1 Å². The zero-order valence-electron chi connectivity index (χ0n) is 17.2. The number of alkyl halides is 3. The number of hydrogen-bond donors (Lipinski definition) is 2. The molecule has 2 aromatic rings. The van der Waals surface area contributed by atoms with Gasteiger partial charge >= 0.3 is 6.18 Å². The predicted octanol–water partition coefficient (Wildman–Crippen LogP) is 2.76. The molecule has 178 valence electrons. The number of nitrogens with one attached hydrogen (secondary N) is 2. The van der Waals surface area contributed by atoms with Gasteiger partial charge in [-0.3, -0.25) is 24.5 Å². The molecule has 2 aliphatic rings. The van der Waals surface area contributed by atoms with E-state index in [2.05, 4.69) is 5.32 Å². The lowest BCUT2D eigenvalue weighted by atomic mass is 10.0. The van der Waals surface area contributed by atoms with Crippen LogP contribution in [-0.2, 0) is 16.1 Å². The quantitative estimate of drug-likeness (QED) is 0.519. The number of fused-ring (bicyclic) bond motifs is 1. The zero-order valence-corrected chi connectivity index (χ0v) is 17.2. The molecule has 0 spiro atoms. The number of piperidine rings is 1. The van der Waals surface area contributed by atoms with Gasteiger partial charge in [0.05, 0.1) is 0 Å². The van der Waals surface area contributed by atoms with Crippen LogP contribution in [0.4, 0.5) is 22.0 Å². The summed E-state index contributed by atoms with van der Waals surface area (Å²) in [5.74, 6) is -5.34. The van der Waals surface area contributed by atoms with E-state index in [-0.39, 0.29) is 36.6 Å². The van der Waals surface area contributed by atoms with E-state index in [1.54, 1.807) is 5.32 Å². The highest BCUT2D eigenvalue weighted by Crippen LogP contribution is 2.35. The Hall–Kier alpha value is -3.83. The van der Waals surface area contributed by atoms with E-state index in [0.717, 1.165) is 6.07 Å². The van der Waals surface area contributed by atoms with Crippen molar-refractivity contribution in [2.45, 2.75) is 37.6 Å². The van der Waals surface area contributed by atoms with Crippen molar-refractivity contribution in [3.05, 3.63) is 70.3 Å². The van der Waals surface area contributed by atoms with Crippen molar-refractivity contribution in [2.24, 2.45) is 0 Å². The number of carbonyl (C=O) groups is 4. The largest absolute Gasteiger partial charge is 0.412 e. The summed E-state index contributed by atoms with van der Waals surface area (Å²) >= 11 is 0. The highest BCUT2D eigenvalue weighted by Gasteiger charge is 2.44. The third kappa shape index (κ3) is 4.35. The molecular formula is C22H16F5N3O4. The Kier molecular flexibility index (Phi) is 5.84. The van der Waals surface area contributed by atoms with Crippen molar-refractivity contribution in [3.63, 3.8) is 0 Å². The van der Waals surface area contributed by atoms with E-state index >= 15 is 0 Å². The van der Waals surface area contributed by atoms with Crippen molar-refractivity contribution in [3.8, 4) is 0 Å². The van der Waals surface area contributed by atoms with Gasteiger partial charge < -0.3 is 10.2 Å². The Morgan fingerprint density at radius 3 is 2.47 bits per heavy atom. The van der Waals surface area contributed by atoms with E-state index < -0.39 is 59.1 Å². The molecule has 1 fully saturated rings. The van der Waals surface area contributed by atoms with Crippen molar-refractivity contribution in [2.75, 3.05) is 0 Å². The zero-order chi connectivity index (χ0) is 24.8. The first-order valence-electron chi connectivity index (χ1n) is 10.1. The van der Waals surface area contributed by atoms with Gasteiger partial charge in [0.15, 0.2) is 6.04 Å². The first kappa shape index (κ1) is 23.3. The molecule has 0 bridgehead atoms. The van der Waals surface area contributed by atoms with Crippen LogP contribution in [0.15, 0.2) is 36.4 Å². The number of carbonyl (C=O) groups excluding carboxylic acids is 4. The summed E-state index contributed by atoms with van der Waals surface area (Å²) in [6.07, 6.45) is -4.92. The molecule has 2 aliphatic heterocycles. The van der Waals surface area contributed by atoms with Crippen LogP contribution in [0.5, 0.6) is 0 Å². The van der Waals surface area contributed by atoms with Crippen molar-refractivity contribution >= 4 is 23.6 Å². The second kappa shape index (κ2) is 8.50. The Labute approximate surface area is 188 Å². The maximum atomic E-state index is 14.0. The van der Waals surface area contributed by atoms with Gasteiger partial charge in [-0.15, -0.1) is 0 Å². The molecular weight excluding hydrogens is 465 g/mol. The fraction of sp³-hybridized carbons (Fsp3) is 0.273. The lowest BCUT2D eigenvalue weighted by molar-refractivity contribution is -0.155. The van der Waals surface area contributed by atoms with E-state index in [9.17, 15) is 41.1 Å². The molecule has 2 aromatic carbocycles. The van der Waals surface area contributed by atoms with Crippen LogP contribution in [0.1, 0.15) is 50.7 Å². The minimum Gasteiger partial charge on any atom is -0.337 e. The second-order valence-electron chi connectivity index (χ2n) is 7.89. The fourth-order valence-corrected chi connectivity index (χ4v) is 4.00. The normalized spacial score (nSPS) is 19.0. The molecule has 0 radical (unpaired) electrons. The lowest BCUT2D eigenvalue weighted by Gasteiger charge is -2.29. The Balaban J connectivity index is 1.56. The summed E-state index contributed by atoms with van der Waals surface area (Å²) in [6.45, 7) is -0.0865. The molecule has 34 heavy (non-hydrogen) atoms. The van der Waals surface area contributed by atoms with Gasteiger partial charge in [-0.1, -0.05) is 6.07 Å². The van der Waals surface area contributed by atoms with Crippen LogP contribution in [-0.4, -0.2) is 40.7 Å². The Morgan fingerprint density at radius 2 is 1.82 bits per heavy atom. The van der Waals surface area contributed by atoms with Gasteiger partial charge in [0.2, 0.25) is 11.8 Å². The topological polar surface area (TPSA) is 95.6 Å². The van der Waals surface area contributed by atoms with E-state index in [1.807, 2.05) is 0 Å². The summed E-state index contributed by atoms with van der Waals surface area (Å²) in [6, 6.07) is 1.49. The molecule has 7 nitrogen and oxygen atoms in total. The maximum absolute atomic E-state index is 14.0. The van der Waals surface area contributed by atoms with E-state index in [1.165, 1.54) is 17.0 Å². The molecule has 2 heterocycles. The third-order valence-corrected chi connectivity index (χ3v) is 5.66. The summed E-state index contributed by atoms with van der Waals surface area (Å²) in [7, 11) is 0. The fourth-order valence-electron chi connectivity index (χ4n) is 4.00. The molecule has 1 unspecified atom stereocenters. The van der Waals surface area contributed by atoms with E-state index in [0.29, 0.717) is 17.7 Å². The SMILES string of the molecule is O=C1CCC(N2Cc3cc(C(=O)N[C@H](c4ccc(F)cc4F)C(F)(F)F)ccc3C2=O)C(=O)N1. The van der Waals surface area contributed by atoms with Gasteiger partial charge in [0, 0.05) is 35.7 Å². The predicted molar refractivity (Wildman–Crippen MR) is 105 cm³/mol. The van der Waals surface area contributed by atoms with Crippen LogP contribution in [0.3, 0.4) is 0 Å². The molecule has 2 atom stereocenters. The Morgan fingerprint density at radius 1 is 1.09 bits per heavy atom. The van der Waals surface area contributed by atoms with Crippen molar-refractivity contribution in [1.29, 1.82) is 0 Å². The van der Waals surface area contributed by atoms with E-state index in [4.69, 9.17) is 0 Å². The minimum atomic E-state index is -5.08. The first-order chi connectivity index (χ1) is 16.0. The van der Waals surface area contributed by atoms with Crippen molar-refractivity contribution in [1.82, 2.24) is 15.5 Å². The summed E-state index contributed by atoms with van der Waals surface area (Å²) in [4.78, 5) is 50.0. The summed E-state index contributed by atoms with van der Waals surface area (Å²) in [5, 5.41) is 3.86. The Bertz CT molecular complexity index is 1210. The number of hydrogen-bond acceptors (Lipinski definition) is 4. The van der Waals surface area contributed by atoms with Gasteiger partial charge in [0.25, 0.3) is 11.8 Å². The molecule has 2 N–H and O–H groups in total. The summed E-state index contributed by atoms with van der Waals surface area (Å²) in [5.41, 5.74) is -0.715. The van der Waals surface area contributed by atoms with Crippen LogP contribution in [0, 0.1) is 11.6 Å². The number of rotatable bonds is 4. The number of imide groups is 1. The number of halogens is 5. The molecule has 0 saturated carbocycles. The third-order valence-electron chi connectivity index (χ3n) is 5.66. The van der Waals surface area contributed by atoms with Crippen LogP contribution in [0.2, 0.25) is 0 Å². The minimum absolute atomic E-state index is 0.0446. The van der Waals surface area contributed by atoms with Crippen LogP contribution < -0.4 is 10.6 Å². The molecule has 0 aromatic heterocycles. The monoisotopic (exact) mass is 481 g/mol. The number of benzene rings is 2. The second-order valence-corrected chi connectivity index (χ2v) is 7.89. The molecule has 0 aliphatic carbocycles. The first-order valence-corrected chi connectivity index (χ1v) is 10.1. The summed E-state index contributed by atoms with van der Waals surface area (Å²) < 4.78 is 67.8. The average molecular weight is 481 g/mol. The van der Waals surface area contributed by atoms with Crippen LogP contribution in [0.25, 0.3) is 0 Å². The smallest absolute Gasteiger partial charge is 0.337 e. The highest BCUT2D eigenvalue weighted by molar-refractivity contribution is 6.06.